The fourth-order valence-electron chi connectivity index (χ4n) is 2.83. The molecule has 23 heavy (non-hydrogen) atoms. The van der Waals surface area contributed by atoms with E-state index in [1.165, 1.54) is 11.8 Å². The minimum atomic E-state index is -0.593. The van der Waals surface area contributed by atoms with Gasteiger partial charge in [0.05, 0.1) is 6.04 Å². The molecule has 1 aliphatic carbocycles. The van der Waals surface area contributed by atoms with E-state index in [9.17, 15) is 9.59 Å². The quantitative estimate of drug-likeness (QED) is 0.881. The molecule has 0 radical (unpaired) electrons. The fraction of sp³-hybridized carbons (Fsp3) is 0.278. The van der Waals surface area contributed by atoms with Gasteiger partial charge in [-0.25, -0.2) is 9.78 Å². The number of pyridine rings is 1. The molecule has 2 aromatic rings. The second kappa shape index (κ2) is 7.05. The molecule has 3 rings (SSSR count). The first-order valence-electron chi connectivity index (χ1n) is 7.69. The summed E-state index contributed by atoms with van der Waals surface area (Å²) in [6.45, 7) is -0.298. The second-order valence-corrected chi connectivity index (χ2v) is 5.50. The van der Waals surface area contributed by atoms with Crippen molar-refractivity contribution < 1.29 is 14.3 Å². The lowest BCUT2D eigenvalue weighted by molar-refractivity contribution is -0.125. The first-order valence-corrected chi connectivity index (χ1v) is 7.69. The molecular formula is C18H18N2O3. The van der Waals surface area contributed by atoms with Crippen molar-refractivity contribution in [3.8, 4) is 0 Å². The Labute approximate surface area is 134 Å². The number of aromatic nitrogens is 1. The van der Waals surface area contributed by atoms with Crippen LogP contribution in [-0.4, -0.2) is 23.5 Å². The van der Waals surface area contributed by atoms with E-state index < -0.39 is 5.97 Å². The number of aryl methyl sites for hydroxylation is 1. The predicted octanol–water partition coefficient (Wildman–Crippen LogP) is 2.43. The summed E-state index contributed by atoms with van der Waals surface area (Å²) in [4.78, 5) is 27.7. The first-order chi connectivity index (χ1) is 11.2. The molecule has 0 bridgehead atoms. The molecule has 1 aliphatic rings. The highest BCUT2D eigenvalue weighted by Gasteiger charge is 2.21. The zero-order valence-corrected chi connectivity index (χ0v) is 12.7. The monoisotopic (exact) mass is 310 g/mol. The Hall–Kier alpha value is -2.69. The van der Waals surface area contributed by atoms with Gasteiger partial charge in [-0.15, -0.1) is 0 Å². The molecule has 1 N–H and O–H groups in total. The molecule has 118 valence electrons. The van der Waals surface area contributed by atoms with Crippen LogP contribution in [-0.2, 0) is 16.0 Å². The standard InChI is InChI=1S/C18H18N2O3/c21-17(12-23-18(22)16-9-3-4-11-19-16)20-15-10-5-7-13-6-1-2-8-14(13)15/h1-4,6,8-9,11,15H,5,7,10,12H2,(H,20,21)/t15-/m1/s1. The zero-order valence-electron chi connectivity index (χ0n) is 12.7. The molecule has 0 aliphatic heterocycles. The molecule has 0 saturated heterocycles. The Morgan fingerprint density at radius 1 is 1.17 bits per heavy atom. The zero-order chi connectivity index (χ0) is 16.1. The van der Waals surface area contributed by atoms with Crippen LogP contribution in [0.25, 0.3) is 0 Å². The van der Waals surface area contributed by atoms with Crippen LogP contribution < -0.4 is 5.32 Å². The SMILES string of the molecule is O=C(COC(=O)c1ccccn1)N[C@@H]1CCCc2ccccc21. The van der Waals surface area contributed by atoms with E-state index in [2.05, 4.69) is 16.4 Å². The summed E-state index contributed by atoms with van der Waals surface area (Å²) in [5.41, 5.74) is 2.63. The van der Waals surface area contributed by atoms with E-state index in [0.717, 1.165) is 24.8 Å². The molecule has 5 nitrogen and oxygen atoms in total. The molecule has 1 heterocycles. The Kier molecular flexibility index (Phi) is 4.66. The van der Waals surface area contributed by atoms with Crippen molar-refractivity contribution in [2.75, 3.05) is 6.61 Å². The lowest BCUT2D eigenvalue weighted by atomic mass is 9.88. The van der Waals surface area contributed by atoms with Crippen LogP contribution in [0.3, 0.4) is 0 Å². The van der Waals surface area contributed by atoms with Gasteiger partial charge in [0.1, 0.15) is 5.69 Å². The Morgan fingerprint density at radius 2 is 2.00 bits per heavy atom. The van der Waals surface area contributed by atoms with Crippen molar-refractivity contribution in [3.63, 3.8) is 0 Å². The lowest BCUT2D eigenvalue weighted by Gasteiger charge is -2.26. The maximum absolute atomic E-state index is 12.0. The van der Waals surface area contributed by atoms with Gasteiger partial charge in [0.25, 0.3) is 5.91 Å². The van der Waals surface area contributed by atoms with Crippen molar-refractivity contribution in [1.82, 2.24) is 10.3 Å². The van der Waals surface area contributed by atoms with Gasteiger partial charge in [-0.05, 0) is 42.5 Å². The number of fused-ring (bicyclic) bond motifs is 1. The summed E-state index contributed by atoms with van der Waals surface area (Å²) < 4.78 is 5.01. The van der Waals surface area contributed by atoms with Crippen molar-refractivity contribution in [2.45, 2.75) is 25.3 Å². The summed E-state index contributed by atoms with van der Waals surface area (Å²) in [6, 6.07) is 13.1. The van der Waals surface area contributed by atoms with Gasteiger partial charge in [0.2, 0.25) is 0 Å². The highest BCUT2D eigenvalue weighted by molar-refractivity contribution is 5.89. The van der Waals surface area contributed by atoms with Crippen LogP contribution in [0.1, 0.15) is 40.5 Å². The van der Waals surface area contributed by atoms with Gasteiger partial charge >= 0.3 is 5.97 Å². The number of carbonyl (C=O) groups is 2. The molecule has 1 aromatic heterocycles. The van der Waals surface area contributed by atoms with Gasteiger partial charge in [0.15, 0.2) is 6.61 Å². The van der Waals surface area contributed by atoms with E-state index in [1.807, 2.05) is 18.2 Å². The van der Waals surface area contributed by atoms with Gasteiger partial charge < -0.3 is 10.1 Å². The number of amides is 1. The summed E-state index contributed by atoms with van der Waals surface area (Å²) in [6.07, 6.45) is 4.49. The van der Waals surface area contributed by atoms with E-state index >= 15 is 0 Å². The van der Waals surface area contributed by atoms with E-state index in [-0.39, 0.29) is 24.2 Å². The highest BCUT2D eigenvalue weighted by atomic mass is 16.5. The smallest absolute Gasteiger partial charge is 0.357 e. The summed E-state index contributed by atoms with van der Waals surface area (Å²) in [5, 5.41) is 2.95. The summed E-state index contributed by atoms with van der Waals surface area (Å²) in [7, 11) is 0. The average molecular weight is 310 g/mol. The number of nitrogens with one attached hydrogen (secondary N) is 1. The van der Waals surface area contributed by atoms with E-state index in [1.54, 1.807) is 18.2 Å². The first kappa shape index (κ1) is 15.2. The topological polar surface area (TPSA) is 68.3 Å². The highest BCUT2D eigenvalue weighted by Crippen LogP contribution is 2.29. The van der Waals surface area contributed by atoms with Crippen molar-refractivity contribution in [3.05, 3.63) is 65.5 Å². The van der Waals surface area contributed by atoms with Gasteiger partial charge in [-0.2, -0.15) is 0 Å². The minimum absolute atomic E-state index is 0.0130. The third kappa shape index (κ3) is 3.74. The third-order valence-corrected chi connectivity index (χ3v) is 3.91. The molecule has 0 saturated carbocycles. The number of esters is 1. The number of benzene rings is 1. The number of rotatable bonds is 4. The van der Waals surface area contributed by atoms with Crippen molar-refractivity contribution >= 4 is 11.9 Å². The van der Waals surface area contributed by atoms with Gasteiger partial charge in [0, 0.05) is 6.20 Å². The molecular weight excluding hydrogens is 292 g/mol. The Bertz CT molecular complexity index is 700. The fourth-order valence-corrected chi connectivity index (χ4v) is 2.83. The normalized spacial score (nSPS) is 16.3. The maximum atomic E-state index is 12.0. The number of carbonyl (C=O) groups excluding carboxylic acids is 2. The van der Waals surface area contributed by atoms with Crippen LogP contribution in [0, 0.1) is 0 Å². The average Bonchev–Trinajstić information content (AvgIpc) is 2.61. The molecule has 0 spiro atoms. The second-order valence-electron chi connectivity index (χ2n) is 5.50. The molecule has 0 fully saturated rings. The Morgan fingerprint density at radius 3 is 2.83 bits per heavy atom. The van der Waals surface area contributed by atoms with Crippen LogP contribution in [0.4, 0.5) is 0 Å². The number of ether oxygens (including phenoxy) is 1. The van der Waals surface area contributed by atoms with Crippen LogP contribution in [0.2, 0.25) is 0 Å². The molecule has 1 aromatic carbocycles. The largest absolute Gasteiger partial charge is 0.451 e. The van der Waals surface area contributed by atoms with Crippen molar-refractivity contribution in [2.24, 2.45) is 0 Å². The lowest BCUT2D eigenvalue weighted by Crippen LogP contribution is -2.34. The number of hydrogen-bond donors (Lipinski definition) is 1. The summed E-state index contributed by atoms with van der Waals surface area (Å²) >= 11 is 0. The number of nitrogens with zero attached hydrogens (tertiary/aromatic N) is 1. The predicted molar refractivity (Wildman–Crippen MR) is 84.8 cm³/mol. The maximum Gasteiger partial charge on any atom is 0.357 e. The van der Waals surface area contributed by atoms with Crippen LogP contribution in [0.5, 0.6) is 0 Å². The van der Waals surface area contributed by atoms with E-state index in [4.69, 9.17) is 4.74 Å². The third-order valence-electron chi connectivity index (χ3n) is 3.91. The summed E-state index contributed by atoms with van der Waals surface area (Å²) in [5.74, 6) is -0.888. The Balaban J connectivity index is 1.55. The molecule has 1 amide bonds. The molecule has 1 atom stereocenters. The van der Waals surface area contributed by atoms with Crippen molar-refractivity contribution in [1.29, 1.82) is 0 Å². The van der Waals surface area contributed by atoms with Crippen LogP contribution >= 0.6 is 0 Å². The van der Waals surface area contributed by atoms with Gasteiger partial charge in [-0.3, -0.25) is 4.79 Å². The minimum Gasteiger partial charge on any atom is -0.451 e. The van der Waals surface area contributed by atoms with Crippen LogP contribution in [0.15, 0.2) is 48.7 Å². The molecule has 5 heteroatoms. The number of hydrogen-bond acceptors (Lipinski definition) is 4. The molecule has 0 unspecified atom stereocenters. The van der Waals surface area contributed by atoms with Gasteiger partial charge in [-0.1, -0.05) is 30.3 Å². The van der Waals surface area contributed by atoms with E-state index in [0.29, 0.717) is 0 Å².